The van der Waals surface area contributed by atoms with Crippen LogP contribution in [-0.2, 0) is 24.6 Å². The van der Waals surface area contributed by atoms with Crippen LogP contribution in [0.3, 0.4) is 0 Å². The Bertz CT molecular complexity index is 873. The summed E-state index contributed by atoms with van der Waals surface area (Å²) in [5, 5.41) is 9.05. The van der Waals surface area contributed by atoms with Gasteiger partial charge in [0, 0.05) is 20.1 Å². The van der Waals surface area contributed by atoms with Crippen molar-refractivity contribution in [3.05, 3.63) is 29.6 Å². The fourth-order valence-electron chi connectivity index (χ4n) is 3.36. The zero-order chi connectivity index (χ0) is 20.1. The van der Waals surface area contributed by atoms with Crippen molar-refractivity contribution in [1.82, 2.24) is 14.5 Å². The van der Waals surface area contributed by atoms with Gasteiger partial charge < -0.3 is 9.67 Å². The first-order chi connectivity index (χ1) is 12.4. The predicted molar refractivity (Wildman–Crippen MR) is 81.7 cm³/mol. The lowest BCUT2D eigenvalue weighted by molar-refractivity contribution is -0.188. The molecule has 2 heterocycles. The second kappa shape index (κ2) is 6.39. The molecule has 0 bridgehead atoms. The quantitative estimate of drug-likeness (QED) is 0.811. The number of aromatic nitrogens is 2. The lowest BCUT2D eigenvalue weighted by Gasteiger charge is -2.18. The van der Waals surface area contributed by atoms with Gasteiger partial charge in [0.2, 0.25) is 0 Å². The van der Waals surface area contributed by atoms with Crippen LogP contribution in [0.1, 0.15) is 11.4 Å². The lowest BCUT2D eigenvalue weighted by Crippen LogP contribution is -2.33. The van der Waals surface area contributed by atoms with Crippen molar-refractivity contribution in [3.63, 3.8) is 0 Å². The Morgan fingerprint density at radius 2 is 1.89 bits per heavy atom. The number of carboxylic acid groups (broad SMARTS) is 1. The number of rotatable bonds is 3. The van der Waals surface area contributed by atoms with Crippen LogP contribution in [0.25, 0.3) is 11.0 Å². The standard InChI is InChI=1S/C16H15F6N3O2/c1-24-12-3-2-8(15(17,18)19)4-11(12)23-13(24)7-25-5-9(14(26)27)10(6-25)16(20,21)22/h2-4,9-10H,5-7H2,1H3,(H,26,27)/t9-,10-/m1/s1. The first-order valence-electron chi connectivity index (χ1n) is 7.92. The van der Waals surface area contributed by atoms with Gasteiger partial charge in [0.15, 0.2) is 0 Å². The highest BCUT2D eigenvalue weighted by Gasteiger charge is 2.52. The maximum Gasteiger partial charge on any atom is 0.416 e. The summed E-state index contributed by atoms with van der Waals surface area (Å²) in [5.74, 6) is -4.85. The Balaban J connectivity index is 1.86. The Kier molecular flexibility index (Phi) is 4.61. The second-order valence-corrected chi connectivity index (χ2v) is 6.58. The number of aliphatic carboxylic acids is 1. The van der Waals surface area contributed by atoms with Crippen molar-refractivity contribution < 1.29 is 36.2 Å². The van der Waals surface area contributed by atoms with Gasteiger partial charge in [-0.2, -0.15) is 26.3 Å². The van der Waals surface area contributed by atoms with Crippen molar-refractivity contribution in [3.8, 4) is 0 Å². The number of likely N-dealkylation sites (tertiary alicyclic amines) is 1. The van der Waals surface area contributed by atoms with Crippen molar-refractivity contribution in [1.29, 1.82) is 0 Å². The first kappa shape index (κ1) is 19.5. The molecule has 1 aliphatic heterocycles. The van der Waals surface area contributed by atoms with E-state index in [4.69, 9.17) is 5.11 Å². The number of hydrogen-bond donors (Lipinski definition) is 1. The van der Waals surface area contributed by atoms with E-state index in [2.05, 4.69) is 4.98 Å². The van der Waals surface area contributed by atoms with E-state index < -0.39 is 42.3 Å². The molecule has 1 saturated heterocycles. The molecule has 0 amide bonds. The van der Waals surface area contributed by atoms with E-state index in [1.807, 2.05) is 0 Å². The molecular weight excluding hydrogens is 380 g/mol. The normalized spacial score (nSPS) is 21.9. The van der Waals surface area contributed by atoms with E-state index in [1.165, 1.54) is 15.5 Å². The molecular formula is C16H15F6N3O2. The molecule has 0 unspecified atom stereocenters. The van der Waals surface area contributed by atoms with Crippen LogP contribution >= 0.6 is 0 Å². The number of hydrogen-bond acceptors (Lipinski definition) is 3. The monoisotopic (exact) mass is 395 g/mol. The van der Waals surface area contributed by atoms with Gasteiger partial charge in [-0.05, 0) is 18.2 Å². The van der Waals surface area contributed by atoms with Crippen molar-refractivity contribution in [2.75, 3.05) is 13.1 Å². The van der Waals surface area contributed by atoms with Crippen molar-refractivity contribution in [2.24, 2.45) is 18.9 Å². The molecule has 0 radical (unpaired) electrons. The fourth-order valence-corrected chi connectivity index (χ4v) is 3.36. The molecule has 1 N–H and O–H groups in total. The Labute approximate surface area is 149 Å². The molecule has 1 aromatic carbocycles. The maximum atomic E-state index is 13.1. The summed E-state index contributed by atoms with van der Waals surface area (Å²) in [7, 11) is 1.55. The molecule has 11 heteroatoms. The van der Waals surface area contributed by atoms with Crippen LogP contribution in [-0.4, -0.2) is 44.8 Å². The molecule has 5 nitrogen and oxygen atoms in total. The molecule has 27 heavy (non-hydrogen) atoms. The van der Waals surface area contributed by atoms with Gasteiger partial charge in [0.1, 0.15) is 5.82 Å². The van der Waals surface area contributed by atoms with Gasteiger partial charge in [-0.25, -0.2) is 4.98 Å². The lowest BCUT2D eigenvalue weighted by atomic mass is 9.96. The zero-order valence-electron chi connectivity index (χ0n) is 14.0. The fraction of sp³-hybridized carbons (Fsp3) is 0.500. The highest BCUT2D eigenvalue weighted by Crippen LogP contribution is 2.38. The number of benzene rings is 1. The third-order valence-electron chi connectivity index (χ3n) is 4.80. The summed E-state index contributed by atoms with van der Waals surface area (Å²) >= 11 is 0. The van der Waals surface area contributed by atoms with Crippen LogP contribution < -0.4 is 0 Å². The Morgan fingerprint density at radius 3 is 2.41 bits per heavy atom. The minimum atomic E-state index is -4.65. The number of aryl methyl sites for hydroxylation is 1. The summed E-state index contributed by atoms with van der Waals surface area (Å²) in [6.07, 6.45) is -9.18. The summed E-state index contributed by atoms with van der Waals surface area (Å²) in [4.78, 5) is 16.5. The number of nitrogens with zero attached hydrogens (tertiary/aromatic N) is 3. The van der Waals surface area contributed by atoms with E-state index in [1.54, 1.807) is 7.05 Å². The summed E-state index contributed by atoms with van der Waals surface area (Å²) in [6, 6.07) is 3.03. The van der Waals surface area contributed by atoms with Crippen LogP contribution in [0.15, 0.2) is 18.2 Å². The third-order valence-corrected chi connectivity index (χ3v) is 4.80. The summed E-state index contributed by atoms with van der Waals surface area (Å²) < 4.78 is 79.2. The third kappa shape index (κ3) is 3.73. The van der Waals surface area contributed by atoms with E-state index in [-0.39, 0.29) is 24.4 Å². The molecule has 0 saturated carbocycles. The number of carbonyl (C=O) groups is 1. The number of imidazole rings is 1. The SMILES string of the molecule is Cn1c(CN2C[C@@H](C(F)(F)F)[C@H](C(=O)O)C2)nc2cc(C(F)(F)F)ccc21. The number of carboxylic acids is 1. The average Bonchev–Trinajstić information content (AvgIpc) is 3.09. The van der Waals surface area contributed by atoms with E-state index in [0.29, 0.717) is 5.52 Å². The first-order valence-corrected chi connectivity index (χ1v) is 7.92. The molecule has 0 spiro atoms. The predicted octanol–water partition coefficient (Wildman–Crippen LogP) is 3.29. The summed E-state index contributed by atoms with van der Waals surface area (Å²) in [5.41, 5.74) is -0.396. The van der Waals surface area contributed by atoms with Gasteiger partial charge in [-0.15, -0.1) is 0 Å². The van der Waals surface area contributed by atoms with Crippen molar-refractivity contribution >= 4 is 17.0 Å². The minimum absolute atomic E-state index is 0.0728. The van der Waals surface area contributed by atoms with Crippen LogP contribution in [0.4, 0.5) is 26.3 Å². The minimum Gasteiger partial charge on any atom is -0.481 e. The average molecular weight is 395 g/mol. The molecule has 3 rings (SSSR count). The smallest absolute Gasteiger partial charge is 0.416 e. The van der Waals surface area contributed by atoms with Gasteiger partial charge in [0.05, 0.1) is 35.0 Å². The van der Waals surface area contributed by atoms with Crippen LogP contribution in [0, 0.1) is 11.8 Å². The zero-order valence-corrected chi connectivity index (χ0v) is 14.0. The van der Waals surface area contributed by atoms with Gasteiger partial charge >= 0.3 is 18.3 Å². The van der Waals surface area contributed by atoms with Crippen molar-refractivity contribution in [2.45, 2.75) is 18.9 Å². The van der Waals surface area contributed by atoms with Gasteiger partial charge in [0.25, 0.3) is 0 Å². The molecule has 2 aromatic rings. The van der Waals surface area contributed by atoms with E-state index >= 15 is 0 Å². The van der Waals surface area contributed by atoms with Crippen LogP contribution in [0.5, 0.6) is 0 Å². The maximum absolute atomic E-state index is 13.1. The second-order valence-electron chi connectivity index (χ2n) is 6.58. The molecule has 2 atom stereocenters. The molecule has 148 valence electrons. The molecule has 1 aliphatic rings. The molecule has 0 aliphatic carbocycles. The highest BCUT2D eigenvalue weighted by atomic mass is 19.4. The Hall–Kier alpha value is -2.30. The number of fused-ring (bicyclic) bond motifs is 1. The van der Waals surface area contributed by atoms with Crippen LogP contribution in [0.2, 0.25) is 0 Å². The van der Waals surface area contributed by atoms with E-state index in [9.17, 15) is 31.1 Å². The molecule has 1 aromatic heterocycles. The molecule has 1 fully saturated rings. The Morgan fingerprint density at radius 1 is 1.22 bits per heavy atom. The van der Waals surface area contributed by atoms with E-state index in [0.717, 1.165) is 12.1 Å². The largest absolute Gasteiger partial charge is 0.481 e. The van der Waals surface area contributed by atoms with Gasteiger partial charge in [-0.3, -0.25) is 9.69 Å². The summed E-state index contributed by atoms with van der Waals surface area (Å²) in [6.45, 7) is -0.906. The number of alkyl halides is 6. The van der Waals surface area contributed by atoms with Gasteiger partial charge in [-0.1, -0.05) is 0 Å². The number of halogens is 6. The highest BCUT2D eigenvalue weighted by molar-refractivity contribution is 5.77. The topological polar surface area (TPSA) is 58.4 Å².